The lowest BCUT2D eigenvalue weighted by molar-refractivity contribution is 0.281. The Morgan fingerprint density at radius 3 is 2.68 bits per heavy atom. The summed E-state index contributed by atoms with van der Waals surface area (Å²) in [6, 6.07) is 4.32. The van der Waals surface area contributed by atoms with Gasteiger partial charge in [0.2, 0.25) is 0 Å². The van der Waals surface area contributed by atoms with Crippen LogP contribution in [0, 0.1) is 20.8 Å². The topological polar surface area (TPSA) is 12.5 Å². The van der Waals surface area contributed by atoms with Crippen LogP contribution in [0.4, 0.5) is 0 Å². The number of hydrogen-bond acceptors (Lipinski definition) is 3. The van der Waals surface area contributed by atoms with Gasteiger partial charge in [-0.1, -0.05) is 12.1 Å². The van der Waals surface area contributed by atoms with Crippen LogP contribution in [0.3, 0.4) is 0 Å². The molecule has 19 heavy (non-hydrogen) atoms. The number of thioether (sulfide) groups is 1. The maximum absolute atomic E-state index is 5.99. The van der Waals surface area contributed by atoms with Gasteiger partial charge in [0, 0.05) is 18.2 Å². The molecular formula is C16H25NOS. The molecule has 0 atom stereocenters. The number of aryl methyl sites for hydroxylation is 2. The minimum Gasteiger partial charge on any atom is -0.493 e. The van der Waals surface area contributed by atoms with Crippen LogP contribution in [0.15, 0.2) is 12.1 Å². The molecule has 106 valence electrons. The maximum atomic E-state index is 5.99. The third-order valence-electron chi connectivity index (χ3n) is 3.81. The highest BCUT2D eigenvalue weighted by Gasteiger charge is 2.11. The normalized spacial score (nSPS) is 15.9. The zero-order valence-corrected chi connectivity index (χ0v) is 13.2. The Bertz CT molecular complexity index is 413. The maximum Gasteiger partial charge on any atom is 0.125 e. The zero-order valence-electron chi connectivity index (χ0n) is 12.4. The number of nitrogens with zero attached hydrogens (tertiary/aromatic N) is 1. The van der Waals surface area contributed by atoms with Crippen molar-refractivity contribution in [1.82, 2.24) is 4.90 Å². The first-order chi connectivity index (χ1) is 9.18. The number of hydrogen-bond donors (Lipinski definition) is 0. The van der Waals surface area contributed by atoms with E-state index in [1.165, 1.54) is 47.8 Å². The molecule has 1 aromatic rings. The van der Waals surface area contributed by atoms with Crippen molar-refractivity contribution in [3.05, 3.63) is 28.8 Å². The van der Waals surface area contributed by atoms with E-state index in [0.29, 0.717) is 0 Å². The monoisotopic (exact) mass is 279 g/mol. The summed E-state index contributed by atoms with van der Waals surface area (Å²) in [5, 5.41) is 0. The Labute approximate surface area is 121 Å². The van der Waals surface area contributed by atoms with E-state index in [2.05, 4.69) is 37.8 Å². The van der Waals surface area contributed by atoms with Crippen LogP contribution in [-0.2, 0) is 0 Å². The molecule has 0 amide bonds. The van der Waals surface area contributed by atoms with Crippen LogP contribution in [0.1, 0.15) is 29.5 Å². The summed E-state index contributed by atoms with van der Waals surface area (Å²) in [5.74, 6) is 3.62. The molecule has 0 bridgehead atoms. The van der Waals surface area contributed by atoms with Crippen molar-refractivity contribution in [2.75, 3.05) is 31.3 Å². The first-order valence-electron chi connectivity index (χ1n) is 7.18. The van der Waals surface area contributed by atoms with Gasteiger partial charge in [0.05, 0.1) is 6.61 Å². The highest BCUT2D eigenvalue weighted by atomic mass is 32.2. The van der Waals surface area contributed by atoms with Crippen molar-refractivity contribution in [3.8, 4) is 5.75 Å². The zero-order chi connectivity index (χ0) is 13.7. The average Bonchev–Trinajstić information content (AvgIpc) is 2.90. The van der Waals surface area contributed by atoms with Gasteiger partial charge in [0.15, 0.2) is 0 Å². The minimum atomic E-state index is 0.839. The fourth-order valence-electron chi connectivity index (χ4n) is 2.39. The van der Waals surface area contributed by atoms with E-state index in [0.717, 1.165) is 18.8 Å². The van der Waals surface area contributed by atoms with Crippen LogP contribution in [0.5, 0.6) is 5.75 Å². The molecule has 1 aliphatic heterocycles. The molecule has 0 N–H and O–H groups in total. The molecule has 0 spiro atoms. The van der Waals surface area contributed by atoms with Crippen LogP contribution >= 0.6 is 11.8 Å². The second-order valence-electron chi connectivity index (χ2n) is 5.36. The van der Waals surface area contributed by atoms with Gasteiger partial charge in [0.1, 0.15) is 5.75 Å². The van der Waals surface area contributed by atoms with Crippen LogP contribution in [0.25, 0.3) is 0 Å². The van der Waals surface area contributed by atoms with E-state index >= 15 is 0 Å². The van der Waals surface area contributed by atoms with E-state index in [1.54, 1.807) is 0 Å². The van der Waals surface area contributed by atoms with Gasteiger partial charge < -0.3 is 4.74 Å². The second kappa shape index (κ2) is 7.20. The van der Waals surface area contributed by atoms with Crippen molar-refractivity contribution in [2.45, 2.75) is 33.6 Å². The minimum absolute atomic E-state index is 0.839. The van der Waals surface area contributed by atoms with Crippen LogP contribution in [0.2, 0.25) is 0 Å². The molecule has 0 radical (unpaired) electrons. The number of benzene rings is 1. The molecule has 2 nitrogen and oxygen atoms in total. The van der Waals surface area contributed by atoms with E-state index in [-0.39, 0.29) is 0 Å². The Hall–Kier alpha value is -0.670. The largest absolute Gasteiger partial charge is 0.493 e. The molecule has 0 aromatic heterocycles. The number of ether oxygens (including phenoxy) is 1. The van der Waals surface area contributed by atoms with Gasteiger partial charge in [-0.15, -0.1) is 11.8 Å². The Morgan fingerprint density at radius 2 is 1.95 bits per heavy atom. The first-order valence-corrected chi connectivity index (χ1v) is 8.33. The fraction of sp³-hybridized carbons (Fsp3) is 0.625. The van der Waals surface area contributed by atoms with E-state index in [1.807, 2.05) is 11.8 Å². The summed E-state index contributed by atoms with van der Waals surface area (Å²) in [4.78, 5) is 2.54. The van der Waals surface area contributed by atoms with Crippen molar-refractivity contribution in [2.24, 2.45) is 0 Å². The summed E-state index contributed by atoms with van der Waals surface area (Å²) in [6.07, 6.45) is 2.39. The van der Waals surface area contributed by atoms with Gasteiger partial charge in [-0.2, -0.15) is 0 Å². The second-order valence-corrected chi connectivity index (χ2v) is 6.44. The molecule has 0 aliphatic carbocycles. The highest BCUT2D eigenvalue weighted by molar-refractivity contribution is 7.99. The summed E-state index contributed by atoms with van der Waals surface area (Å²) in [7, 11) is 0. The third-order valence-corrected chi connectivity index (χ3v) is 4.83. The predicted molar refractivity (Wildman–Crippen MR) is 84.3 cm³/mol. The van der Waals surface area contributed by atoms with Crippen molar-refractivity contribution < 1.29 is 4.74 Å². The lowest BCUT2D eigenvalue weighted by atomic mass is 10.1. The Balaban J connectivity index is 1.72. The van der Waals surface area contributed by atoms with E-state index < -0.39 is 0 Å². The molecule has 3 heteroatoms. The SMILES string of the molecule is Cc1ccc(C)c(OCCCCN2CCSC2)c1C. The van der Waals surface area contributed by atoms with Crippen LogP contribution < -0.4 is 4.74 Å². The van der Waals surface area contributed by atoms with Crippen molar-refractivity contribution in [1.29, 1.82) is 0 Å². The van der Waals surface area contributed by atoms with Gasteiger partial charge in [-0.05, 0) is 56.8 Å². The van der Waals surface area contributed by atoms with E-state index in [9.17, 15) is 0 Å². The van der Waals surface area contributed by atoms with Gasteiger partial charge in [-0.25, -0.2) is 0 Å². The molecule has 0 saturated carbocycles. The predicted octanol–water partition coefficient (Wildman–Crippen LogP) is 3.78. The molecule has 2 rings (SSSR count). The molecule has 1 saturated heterocycles. The van der Waals surface area contributed by atoms with Gasteiger partial charge in [-0.3, -0.25) is 4.90 Å². The fourth-order valence-corrected chi connectivity index (χ4v) is 3.42. The van der Waals surface area contributed by atoms with Gasteiger partial charge in [0.25, 0.3) is 0 Å². The van der Waals surface area contributed by atoms with Gasteiger partial charge >= 0.3 is 0 Å². The molecule has 0 unspecified atom stereocenters. The standard InChI is InChI=1S/C16H25NOS/c1-13-6-7-14(2)16(15(13)3)18-10-5-4-8-17-9-11-19-12-17/h6-7H,4-5,8-12H2,1-3H3. The molecular weight excluding hydrogens is 254 g/mol. The van der Waals surface area contributed by atoms with Crippen LogP contribution in [-0.4, -0.2) is 36.2 Å². The lowest BCUT2D eigenvalue weighted by Gasteiger charge is -2.15. The number of rotatable bonds is 6. The Kier molecular flexibility index (Phi) is 5.59. The van der Waals surface area contributed by atoms with Crippen molar-refractivity contribution >= 4 is 11.8 Å². The quantitative estimate of drug-likeness (QED) is 0.735. The van der Waals surface area contributed by atoms with E-state index in [4.69, 9.17) is 4.74 Å². The Morgan fingerprint density at radius 1 is 1.16 bits per heavy atom. The summed E-state index contributed by atoms with van der Waals surface area (Å²) in [6.45, 7) is 9.75. The summed E-state index contributed by atoms with van der Waals surface area (Å²) < 4.78 is 5.99. The average molecular weight is 279 g/mol. The summed E-state index contributed by atoms with van der Waals surface area (Å²) >= 11 is 2.04. The first kappa shape index (κ1) is 14.7. The molecule has 1 fully saturated rings. The summed E-state index contributed by atoms with van der Waals surface area (Å²) in [5.41, 5.74) is 3.85. The molecule has 1 aromatic carbocycles. The smallest absolute Gasteiger partial charge is 0.125 e. The molecule has 1 heterocycles. The number of unbranched alkanes of at least 4 members (excludes halogenated alkanes) is 1. The highest BCUT2D eigenvalue weighted by Crippen LogP contribution is 2.25. The lowest BCUT2D eigenvalue weighted by Crippen LogP contribution is -2.21. The third kappa shape index (κ3) is 4.15. The molecule has 1 aliphatic rings. The van der Waals surface area contributed by atoms with Crippen molar-refractivity contribution in [3.63, 3.8) is 0 Å².